The number of rotatable bonds is 3. The molecular weight excluding hydrogens is 204 g/mol. The number of carbonyl (C=O) groups excluding carboxylic acids is 2. The Morgan fingerprint density at radius 2 is 1.94 bits per heavy atom. The fourth-order valence-corrected chi connectivity index (χ4v) is 1.26. The molecule has 2 amide bonds. The zero-order valence-electron chi connectivity index (χ0n) is 9.28. The standard InChI is InChI=1S/C12H14N2O2/c1-8-5-3-4-6-10(8)7-11(12(13)16)14-9(2)15/h3-7H,1-2H3,(H2,13,16)(H,14,15). The molecule has 1 aromatic carbocycles. The SMILES string of the molecule is CC(=O)NC(=Cc1ccccc1C)C(N)=O. The van der Waals surface area contributed by atoms with Crippen molar-refractivity contribution in [2.75, 3.05) is 0 Å². The van der Waals surface area contributed by atoms with E-state index in [4.69, 9.17) is 5.73 Å². The minimum atomic E-state index is -0.654. The van der Waals surface area contributed by atoms with Crippen LogP contribution in [0, 0.1) is 6.92 Å². The molecule has 1 aromatic rings. The third kappa shape index (κ3) is 3.24. The third-order valence-corrected chi connectivity index (χ3v) is 2.06. The van der Waals surface area contributed by atoms with Crippen LogP contribution in [0.5, 0.6) is 0 Å². The summed E-state index contributed by atoms with van der Waals surface area (Å²) < 4.78 is 0. The average Bonchev–Trinajstić information content (AvgIpc) is 2.19. The summed E-state index contributed by atoms with van der Waals surface area (Å²) in [5, 5.41) is 2.40. The highest BCUT2D eigenvalue weighted by Crippen LogP contribution is 2.10. The number of nitrogens with two attached hydrogens (primary N) is 1. The second-order valence-corrected chi connectivity index (χ2v) is 3.46. The fraction of sp³-hybridized carbons (Fsp3) is 0.167. The molecule has 4 nitrogen and oxygen atoms in total. The van der Waals surface area contributed by atoms with Gasteiger partial charge in [0, 0.05) is 6.92 Å². The number of hydrogen-bond acceptors (Lipinski definition) is 2. The van der Waals surface area contributed by atoms with Gasteiger partial charge < -0.3 is 11.1 Å². The molecule has 0 fully saturated rings. The molecule has 84 valence electrons. The quantitative estimate of drug-likeness (QED) is 0.741. The molecule has 16 heavy (non-hydrogen) atoms. The van der Waals surface area contributed by atoms with Crippen molar-refractivity contribution in [2.45, 2.75) is 13.8 Å². The Morgan fingerprint density at radius 1 is 1.31 bits per heavy atom. The summed E-state index contributed by atoms with van der Waals surface area (Å²) in [6.45, 7) is 3.24. The van der Waals surface area contributed by atoms with Crippen molar-refractivity contribution in [3.8, 4) is 0 Å². The summed E-state index contributed by atoms with van der Waals surface area (Å²) in [5.74, 6) is -0.975. The normalized spacial score (nSPS) is 11.0. The van der Waals surface area contributed by atoms with Crippen LogP contribution in [0.2, 0.25) is 0 Å². The summed E-state index contributed by atoms with van der Waals surface area (Å²) in [5.41, 5.74) is 7.12. The number of nitrogens with one attached hydrogen (secondary N) is 1. The van der Waals surface area contributed by atoms with Gasteiger partial charge in [-0.3, -0.25) is 9.59 Å². The van der Waals surface area contributed by atoms with Gasteiger partial charge in [-0.15, -0.1) is 0 Å². The van der Waals surface area contributed by atoms with Gasteiger partial charge in [0.25, 0.3) is 5.91 Å². The van der Waals surface area contributed by atoms with Crippen molar-refractivity contribution < 1.29 is 9.59 Å². The maximum Gasteiger partial charge on any atom is 0.265 e. The highest BCUT2D eigenvalue weighted by Gasteiger charge is 2.07. The minimum absolute atomic E-state index is 0.0989. The summed E-state index contributed by atoms with van der Waals surface area (Å²) in [4.78, 5) is 22.0. The Hall–Kier alpha value is -2.10. The van der Waals surface area contributed by atoms with Crippen molar-refractivity contribution >= 4 is 17.9 Å². The third-order valence-electron chi connectivity index (χ3n) is 2.06. The molecule has 0 aliphatic carbocycles. The molecular formula is C12H14N2O2. The van der Waals surface area contributed by atoms with Crippen LogP contribution >= 0.6 is 0 Å². The largest absolute Gasteiger partial charge is 0.364 e. The maximum absolute atomic E-state index is 11.1. The van der Waals surface area contributed by atoms with Crippen LogP contribution in [0.3, 0.4) is 0 Å². The van der Waals surface area contributed by atoms with Crippen molar-refractivity contribution in [3.05, 3.63) is 41.1 Å². The van der Waals surface area contributed by atoms with Crippen LogP contribution in [0.1, 0.15) is 18.1 Å². The predicted molar refractivity (Wildman–Crippen MR) is 62.2 cm³/mol. The fourth-order valence-electron chi connectivity index (χ4n) is 1.26. The highest BCUT2D eigenvalue weighted by atomic mass is 16.2. The lowest BCUT2D eigenvalue weighted by molar-refractivity contribution is -0.121. The first-order valence-electron chi connectivity index (χ1n) is 4.85. The molecule has 0 spiro atoms. The van der Waals surface area contributed by atoms with E-state index < -0.39 is 5.91 Å². The van der Waals surface area contributed by atoms with Crippen LogP contribution in [0.15, 0.2) is 30.0 Å². The smallest absolute Gasteiger partial charge is 0.265 e. The molecule has 0 aliphatic rings. The summed E-state index contributed by atoms with van der Waals surface area (Å²) >= 11 is 0. The van der Waals surface area contributed by atoms with Gasteiger partial charge in [0.15, 0.2) is 0 Å². The van der Waals surface area contributed by atoms with E-state index in [-0.39, 0.29) is 11.6 Å². The zero-order chi connectivity index (χ0) is 12.1. The van der Waals surface area contributed by atoms with E-state index >= 15 is 0 Å². The second-order valence-electron chi connectivity index (χ2n) is 3.46. The Bertz CT molecular complexity index is 450. The van der Waals surface area contributed by atoms with Crippen molar-refractivity contribution in [1.29, 1.82) is 0 Å². The summed E-state index contributed by atoms with van der Waals surface area (Å²) in [7, 11) is 0. The van der Waals surface area contributed by atoms with Gasteiger partial charge in [-0.2, -0.15) is 0 Å². The van der Waals surface area contributed by atoms with E-state index in [1.807, 2.05) is 31.2 Å². The zero-order valence-corrected chi connectivity index (χ0v) is 9.28. The minimum Gasteiger partial charge on any atom is -0.364 e. The van der Waals surface area contributed by atoms with E-state index in [1.165, 1.54) is 6.92 Å². The van der Waals surface area contributed by atoms with Crippen LogP contribution in [0.4, 0.5) is 0 Å². The van der Waals surface area contributed by atoms with Crippen LogP contribution in [-0.4, -0.2) is 11.8 Å². The van der Waals surface area contributed by atoms with Gasteiger partial charge in [0.2, 0.25) is 5.91 Å². The van der Waals surface area contributed by atoms with E-state index in [9.17, 15) is 9.59 Å². The number of primary amides is 1. The Morgan fingerprint density at radius 3 is 2.44 bits per heavy atom. The number of carbonyl (C=O) groups is 2. The number of hydrogen-bond donors (Lipinski definition) is 2. The first-order chi connectivity index (χ1) is 7.50. The molecule has 1 rings (SSSR count). The van der Waals surface area contributed by atoms with E-state index in [2.05, 4.69) is 5.32 Å². The molecule has 0 radical (unpaired) electrons. The number of aryl methyl sites for hydroxylation is 1. The van der Waals surface area contributed by atoms with Gasteiger partial charge in [-0.25, -0.2) is 0 Å². The van der Waals surface area contributed by atoms with Gasteiger partial charge >= 0.3 is 0 Å². The van der Waals surface area contributed by atoms with Gasteiger partial charge in [0.05, 0.1) is 0 Å². The lowest BCUT2D eigenvalue weighted by Gasteiger charge is -2.05. The molecule has 3 N–H and O–H groups in total. The Kier molecular flexibility index (Phi) is 3.83. The second kappa shape index (κ2) is 5.11. The molecule has 0 aromatic heterocycles. The first-order valence-corrected chi connectivity index (χ1v) is 4.85. The van der Waals surface area contributed by atoms with Crippen LogP contribution < -0.4 is 11.1 Å². The summed E-state index contributed by atoms with van der Waals surface area (Å²) in [6.07, 6.45) is 1.57. The molecule has 0 aliphatic heterocycles. The highest BCUT2D eigenvalue weighted by molar-refractivity contribution is 6.00. The van der Waals surface area contributed by atoms with E-state index in [0.29, 0.717) is 0 Å². The lowest BCUT2D eigenvalue weighted by Crippen LogP contribution is -2.29. The number of amides is 2. The van der Waals surface area contributed by atoms with E-state index in [1.54, 1.807) is 6.08 Å². The van der Waals surface area contributed by atoms with E-state index in [0.717, 1.165) is 11.1 Å². The first kappa shape index (κ1) is 12.0. The maximum atomic E-state index is 11.1. The van der Waals surface area contributed by atoms with Crippen LogP contribution in [-0.2, 0) is 9.59 Å². The van der Waals surface area contributed by atoms with Crippen LogP contribution in [0.25, 0.3) is 6.08 Å². The molecule has 0 atom stereocenters. The van der Waals surface area contributed by atoms with Crippen molar-refractivity contribution in [2.24, 2.45) is 5.73 Å². The van der Waals surface area contributed by atoms with Crippen molar-refractivity contribution in [3.63, 3.8) is 0 Å². The molecule has 0 bridgehead atoms. The average molecular weight is 218 g/mol. The van der Waals surface area contributed by atoms with Gasteiger partial charge in [-0.05, 0) is 24.1 Å². The molecule has 0 saturated heterocycles. The number of benzene rings is 1. The topological polar surface area (TPSA) is 72.2 Å². The van der Waals surface area contributed by atoms with Gasteiger partial charge in [0.1, 0.15) is 5.70 Å². The molecule has 0 heterocycles. The van der Waals surface area contributed by atoms with Gasteiger partial charge in [-0.1, -0.05) is 24.3 Å². The molecule has 0 saturated carbocycles. The predicted octanol–water partition coefficient (Wildman–Crippen LogP) is 0.957. The van der Waals surface area contributed by atoms with Crippen molar-refractivity contribution in [1.82, 2.24) is 5.32 Å². The Balaban J connectivity index is 3.07. The lowest BCUT2D eigenvalue weighted by atomic mass is 10.1. The summed E-state index contributed by atoms with van der Waals surface area (Å²) in [6, 6.07) is 7.51. The monoisotopic (exact) mass is 218 g/mol. The molecule has 0 unspecified atom stereocenters. The molecule has 4 heteroatoms. The Labute approximate surface area is 94.1 Å².